The fourth-order valence-electron chi connectivity index (χ4n) is 2.36. The third kappa shape index (κ3) is 3.57. The van der Waals surface area contributed by atoms with Crippen molar-refractivity contribution in [2.45, 2.75) is 6.42 Å². The van der Waals surface area contributed by atoms with E-state index in [2.05, 4.69) is 4.98 Å². The molecule has 1 heterocycles. The highest BCUT2D eigenvalue weighted by Gasteiger charge is 2.18. The van der Waals surface area contributed by atoms with E-state index in [4.69, 9.17) is 0 Å². The third-order valence-corrected chi connectivity index (χ3v) is 4.41. The molecule has 124 valence electrons. The number of aromatic nitrogens is 1. The SMILES string of the molecule is N#C/C(=C(\O)Cc1ccccc1)c1nc(-c2c(F)cccc2F)cs1. The van der Waals surface area contributed by atoms with Crippen LogP contribution in [0.4, 0.5) is 8.78 Å². The van der Waals surface area contributed by atoms with Gasteiger partial charge in [0.1, 0.15) is 34.0 Å². The molecule has 0 saturated heterocycles. The topological polar surface area (TPSA) is 56.9 Å². The van der Waals surface area contributed by atoms with E-state index < -0.39 is 11.6 Å². The van der Waals surface area contributed by atoms with Crippen LogP contribution in [0.15, 0.2) is 59.7 Å². The maximum atomic E-state index is 13.9. The van der Waals surface area contributed by atoms with E-state index in [0.29, 0.717) is 0 Å². The predicted octanol–water partition coefficient (Wildman–Crippen LogP) is 5.12. The summed E-state index contributed by atoms with van der Waals surface area (Å²) in [4.78, 5) is 4.13. The second-order valence-corrected chi connectivity index (χ2v) is 6.09. The van der Waals surface area contributed by atoms with E-state index >= 15 is 0 Å². The average Bonchev–Trinajstić information content (AvgIpc) is 3.05. The van der Waals surface area contributed by atoms with E-state index in [0.717, 1.165) is 29.0 Å². The molecule has 3 aromatic rings. The summed E-state index contributed by atoms with van der Waals surface area (Å²) < 4.78 is 27.7. The maximum absolute atomic E-state index is 13.9. The summed E-state index contributed by atoms with van der Waals surface area (Å²) in [5, 5.41) is 21.3. The molecule has 0 atom stereocenters. The van der Waals surface area contributed by atoms with Crippen molar-refractivity contribution in [2.24, 2.45) is 0 Å². The molecule has 25 heavy (non-hydrogen) atoms. The maximum Gasteiger partial charge on any atom is 0.138 e. The fraction of sp³-hybridized carbons (Fsp3) is 0.0526. The number of thiazole rings is 1. The van der Waals surface area contributed by atoms with Gasteiger partial charge in [0.05, 0.1) is 11.3 Å². The number of nitriles is 1. The third-order valence-electron chi connectivity index (χ3n) is 3.55. The van der Waals surface area contributed by atoms with E-state index in [1.165, 1.54) is 11.4 Å². The van der Waals surface area contributed by atoms with Gasteiger partial charge in [-0.15, -0.1) is 11.3 Å². The summed E-state index contributed by atoms with van der Waals surface area (Å²) >= 11 is 1.05. The number of rotatable bonds is 4. The summed E-state index contributed by atoms with van der Waals surface area (Å²) in [5.74, 6) is -1.59. The second kappa shape index (κ2) is 7.24. The molecule has 1 N–H and O–H groups in total. The van der Waals surface area contributed by atoms with Crippen molar-refractivity contribution in [1.82, 2.24) is 4.98 Å². The monoisotopic (exact) mass is 354 g/mol. The molecule has 0 unspecified atom stereocenters. The molecular weight excluding hydrogens is 342 g/mol. The van der Waals surface area contributed by atoms with Crippen molar-refractivity contribution in [3.8, 4) is 17.3 Å². The minimum atomic E-state index is -0.729. The first-order chi connectivity index (χ1) is 12.1. The molecule has 0 bridgehead atoms. The molecule has 0 fully saturated rings. The van der Waals surface area contributed by atoms with Crippen LogP contribution in [0, 0.1) is 23.0 Å². The molecule has 6 heteroatoms. The number of aliphatic hydroxyl groups is 1. The summed E-state index contributed by atoms with van der Waals surface area (Å²) in [5.41, 5.74) is 0.683. The first-order valence-corrected chi connectivity index (χ1v) is 8.24. The molecule has 0 aliphatic heterocycles. The van der Waals surface area contributed by atoms with Gasteiger partial charge in [-0.05, 0) is 17.7 Å². The van der Waals surface area contributed by atoms with Gasteiger partial charge in [-0.3, -0.25) is 0 Å². The second-order valence-electron chi connectivity index (χ2n) is 5.23. The van der Waals surface area contributed by atoms with Crippen molar-refractivity contribution in [3.63, 3.8) is 0 Å². The van der Waals surface area contributed by atoms with E-state index in [1.54, 1.807) is 0 Å². The Labute approximate surface area is 147 Å². The van der Waals surface area contributed by atoms with Gasteiger partial charge in [0.2, 0.25) is 0 Å². The van der Waals surface area contributed by atoms with Crippen LogP contribution < -0.4 is 0 Å². The largest absolute Gasteiger partial charge is 0.510 e. The van der Waals surface area contributed by atoms with Crippen LogP contribution in [-0.4, -0.2) is 10.1 Å². The average molecular weight is 354 g/mol. The fourth-order valence-corrected chi connectivity index (χ4v) is 3.19. The van der Waals surface area contributed by atoms with Gasteiger partial charge < -0.3 is 5.11 Å². The Kier molecular flexibility index (Phi) is 4.87. The van der Waals surface area contributed by atoms with Crippen molar-refractivity contribution >= 4 is 16.9 Å². The van der Waals surface area contributed by atoms with Crippen molar-refractivity contribution < 1.29 is 13.9 Å². The standard InChI is InChI=1S/C19H12F2N2OS/c20-14-7-4-8-15(21)18(14)16-11-25-19(23-16)13(10-22)17(24)9-12-5-2-1-3-6-12/h1-8,11,24H,9H2/b17-13+. The molecule has 0 aliphatic rings. The van der Waals surface area contributed by atoms with Crippen LogP contribution >= 0.6 is 11.3 Å². The van der Waals surface area contributed by atoms with Gasteiger partial charge in [-0.1, -0.05) is 36.4 Å². The van der Waals surface area contributed by atoms with Gasteiger partial charge in [0, 0.05) is 11.8 Å². The van der Waals surface area contributed by atoms with Gasteiger partial charge in [0.15, 0.2) is 0 Å². The molecule has 3 rings (SSSR count). The zero-order valence-electron chi connectivity index (χ0n) is 12.9. The molecule has 1 aromatic heterocycles. The highest BCUT2D eigenvalue weighted by Crippen LogP contribution is 2.30. The summed E-state index contributed by atoms with van der Waals surface area (Å²) in [6.07, 6.45) is 0.173. The lowest BCUT2D eigenvalue weighted by Gasteiger charge is -2.03. The van der Waals surface area contributed by atoms with E-state index in [-0.39, 0.29) is 34.0 Å². The van der Waals surface area contributed by atoms with Crippen LogP contribution in [0.3, 0.4) is 0 Å². The Bertz CT molecular complexity index is 954. The molecule has 0 radical (unpaired) electrons. The van der Waals surface area contributed by atoms with Crippen molar-refractivity contribution in [3.05, 3.63) is 81.9 Å². The van der Waals surface area contributed by atoms with E-state index in [1.807, 2.05) is 36.4 Å². The Balaban J connectivity index is 1.97. The van der Waals surface area contributed by atoms with Gasteiger partial charge >= 0.3 is 0 Å². The Morgan fingerprint density at radius 2 is 1.76 bits per heavy atom. The predicted molar refractivity (Wildman–Crippen MR) is 92.8 cm³/mol. The van der Waals surface area contributed by atoms with Gasteiger partial charge in [0.25, 0.3) is 0 Å². The molecule has 3 nitrogen and oxygen atoms in total. The number of allylic oxidation sites excluding steroid dienone is 2. The quantitative estimate of drug-likeness (QED) is 0.522. The first-order valence-electron chi connectivity index (χ1n) is 7.36. The number of aliphatic hydroxyl groups excluding tert-OH is 1. The van der Waals surface area contributed by atoms with Crippen LogP contribution in [0.1, 0.15) is 10.6 Å². The van der Waals surface area contributed by atoms with Crippen molar-refractivity contribution in [2.75, 3.05) is 0 Å². The van der Waals surface area contributed by atoms with Crippen molar-refractivity contribution in [1.29, 1.82) is 5.26 Å². The van der Waals surface area contributed by atoms with Crippen LogP contribution in [0.2, 0.25) is 0 Å². The van der Waals surface area contributed by atoms with Crippen LogP contribution in [-0.2, 0) is 6.42 Å². The molecule has 0 spiro atoms. The lowest BCUT2D eigenvalue weighted by Crippen LogP contribution is -1.95. The summed E-state index contributed by atoms with van der Waals surface area (Å²) in [6.45, 7) is 0. The summed E-state index contributed by atoms with van der Waals surface area (Å²) in [7, 11) is 0. The highest BCUT2D eigenvalue weighted by molar-refractivity contribution is 7.11. The number of benzene rings is 2. The molecule has 0 amide bonds. The zero-order valence-corrected chi connectivity index (χ0v) is 13.7. The Morgan fingerprint density at radius 1 is 1.08 bits per heavy atom. The molecule has 0 saturated carbocycles. The van der Waals surface area contributed by atoms with E-state index in [9.17, 15) is 19.1 Å². The minimum absolute atomic E-state index is 0.00292. The van der Waals surface area contributed by atoms with Gasteiger partial charge in [-0.25, -0.2) is 13.8 Å². The normalized spacial score (nSPS) is 11.7. The Hall–Kier alpha value is -3.04. The van der Waals surface area contributed by atoms with Crippen LogP contribution in [0.25, 0.3) is 16.8 Å². The molecule has 2 aromatic carbocycles. The zero-order chi connectivity index (χ0) is 17.8. The number of halogens is 2. The van der Waals surface area contributed by atoms with Crippen LogP contribution in [0.5, 0.6) is 0 Å². The summed E-state index contributed by atoms with van der Waals surface area (Å²) in [6, 6.07) is 14.6. The highest BCUT2D eigenvalue weighted by atomic mass is 32.1. The van der Waals surface area contributed by atoms with Gasteiger partial charge in [-0.2, -0.15) is 5.26 Å². The lowest BCUT2D eigenvalue weighted by atomic mass is 10.1. The number of hydrogen-bond acceptors (Lipinski definition) is 4. The molecule has 0 aliphatic carbocycles. The lowest BCUT2D eigenvalue weighted by molar-refractivity contribution is 0.402. The number of nitrogens with zero attached hydrogens (tertiary/aromatic N) is 2. The molecular formula is C19H12F2N2OS. The Morgan fingerprint density at radius 3 is 2.40 bits per heavy atom. The minimum Gasteiger partial charge on any atom is -0.510 e. The number of hydrogen-bond donors (Lipinski definition) is 1. The first kappa shape index (κ1) is 16.8. The smallest absolute Gasteiger partial charge is 0.138 e.